The van der Waals surface area contributed by atoms with Gasteiger partial charge in [-0.1, -0.05) is 70.4 Å². The highest BCUT2D eigenvalue weighted by molar-refractivity contribution is 5.74. The first-order chi connectivity index (χ1) is 14.3. The topological polar surface area (TPSA) is 138 Å². The van der Waals surface area contributed by atoms with E-state index in [4.69, 9.17) is 21.1 Å². The highest BCUT2D eigenvalue weighted by atomic mass is 16.4. The summed E-state index contributed by atoms with van der Waals surface area (Å²) in [5.41, 5.74) is 5.00. The maximum absolute atomic E-state index is 10.3. The third-order valence-electron chi connectivity index (χ3n) is 4.64. The minimum Gasteiger partial charge on any atom is -0.481 e. The van der Waals surface area contributed by atoms with Gasteiger partial charge in [-0.2, -0.15) is 0 Å². The SMILES string of the molecule is CCCCCCCCC=CCCCCCCCC(=O)O.N[C@@H](CCC(=O)O)C(=O)O. The molecule has 0 saturated heterocycles. The van der Waals surface area contributed by atoms with Crippen molar-refractivity contribution in [2.75, 3.05) is 0 Å². The van der Waals surface area contributed by atoms with Crippen LogP contribution in [0.5, 0.6) is 0 Å². The first kappa shape index (κ1) is 30.3. The number of carboxylic acids is 3. The molecule has 0 unspecified atom stereocenters. The number of carbonyl (C=O) groups is 3. The van der Waals surface area contributed by atoms with E-state index in [-0.39, 0.29) is 12.8 Å². The van der Waals surface area contributed by atoms with Crippen LogP contribution in [0.3, 0.4) is 0 Å². The molecule has 5 N–H and O–H groups in total. The number of rotatable bonds is 19. The molecule has 0 aliphatic carbocycles. The van der Waals surface area contributed by atoms with Gasteiger partial charge in [0.1, 0.15) is 6.04 Å². The molecular weight excluding hydrogens is 386 g/mol. The summed E-state index contributed by atoms with van der Waals surface area (Å²) in [6.07, 6.45) is 21.0. The summed E-state index contributed by atoms with van der Waals surface area (Å²) in [6, 6.07) is -1.06. The highest BCUT2D eigenvalue weighted by Gasteiger charge is 2.12. The molecule has 0 aromatic rings. The van der Waals surface area contributed by atoms with Crippen LogP contribution in [0.2, 0.25) is 0 Å². The van der Waals surface area contributed by atoms with Crippen molar-refractivity contribution in [1.29, 1.82) is 0 Å². The Labute approximate surface area is 181 Å². The fourth-order valence-corrected chi connectivity index (χ4v) is 2.75. The average Bonchev–Trinajstić information content (AvgIpc) is 2.69. The van der Waals surface area contributed by atoms with Crippen molar-refractivity contribution in [3.8, 4) is 0 Å². The molecule has 0 heterocycles. The van der Waals surface area contributed by atoms with Gasteiger partial charge in [0.2, 0.25) is 0 Å². The van der Waals surface area contributed by atoms with Crippen molar-refractivity contribution in [3.63, 3.8) is 0 Å². The molecule has 0 aromatic heterocycles. The Balaban J connectivity index is 0. The fourth-order valence-electron chi connectivity index (χ4n) is 2.75. The summed E-state index contributed by atoms with van der Waals surface area (Å²) < 4.78 is 0. The molecule has 0 aliphatic rings. The van der Waals surface area contributed by atoms with E-state index in [1.54, 1.807) is 0 Å². The van der Waals surface area contributed by atoms with E-state index in [1.807, 2.05) is 0 Å². The first-order valence-electron chi connectivity index (χ1n) is 11.4. The van der Waals surface area contributed by atoms with Crippen LogP contribution in [0.15, 0.2) is 12.2 Å². The van der Waals surface area contributed by atoms with Crippen molar-refractivity contribution in [2.45, 2.75) is 116 Å². The van der Waals surface area contributed by atoms with E-state index in [0.717, 1.165) is 12.8 Å². The van der Waals surface area contributed by atoms with Crippen molar-refractivity contribution < 1.29 is 29.7 Å². The van der Waals surface area contributed by atoms with Gasteiger partial charge in [0.25, 0.3) is 0 Å². The summed E-state index contributed by atoms with van der Waals surface area (Å²) in [7, 11) is 0. The predicted molar refractivity (Wildman–Crippen MR) is 120 cm³/mol. The lowest BCUT2D eigenvalue weighted by Crippen LogP contribution is -2.30. The quantitative estimate of drug-likeness (QED) is 0.160. The molecule has 1 atom stereocenters. The Morgan fingerprint density at radius 2 is 1.13 bits per heavy atom. The maximum Gasteiger partial charge on any atom is 0.320 e. The van der Waals surface area contributed by atoms with E-state index >= 15 is 0 Å². The standard InChI is InChI=1S/C18H34O2.C5H9NO4/c1-2-3-4-5-6-7-8-9-10-11-12-13-14-15-16-17-18(19)20;6-3(5(9)10)1-2-4(7)8/h9-10H,2-8,11-17H2,1H3,(H,19,20);3H,1-2,6H2,(H,7,8)(H,9,10)/t;3-/m.0/s1. The molecule has 0 aromatic carbocycles. The van der Waals surface area contributed by atoms with Gasteiger partial charge in [-0.25, -0.2) is 0 Å². The molecule has 0 aliphatic heterocycles. The zero-order chi connectivity index (χ0) is 23.0. The van der Waals surface area contributed by atoms with Crippen LogP contribution in [-0.2, 0) is 14.4 Å². The molecular formula is C23H43NO6. The monoisotopic (exact) mass is 429 g/mol. The molecule has 0 fully saturated rings. The van der Waals surface area contributed by atoms with Gasteiger partial charge >= 0.3 is 17.9 Å². The second-order valence-corrected chi connectivity index (χ2v) is 7.61. The molecule has 0 spiro atoms. The number of hydrogen-bond acceptors (Lipinski definition) is 4. The van der Waals surface area contributed by atoms with Crippen molar-refractivity contribution in [1.82, 2.24) is 0 Å². The Bertz CT molecular complexity index is 465. The minimum atomic E-state index is -1.17. The number of unbranched alkanes of at least 4 members (excludes halogenated alkanes) is 11. The van der Waals surface area contributed by atoms with Gasteiger partial charge in [0.05, 0.1) is 0 Å². The lowest BCUT2D eigenvalue weighted by Gasteiger charge is -2.01. The lowest BCUT2D eigenvalue weighted by molar-refractivity contribution is -0.140. The van der Waals surface area contributed by atoms with E-state index in [1.165, 1.54) is 70.6 Å². The molecule has 0 radical (unpaired) electrons. The minimum absolute atomic E-state index is 0.0231. The van der Waals surface area contributed by atoms with E-state index in [9.17, 15) is 14.4 Å². The second-order valence-electron chi connectivity index (χ2n) is 7.61. The maximum atomic E-state index is 10.3. The molecule has 176 valence electrons. The molecule has 0 rings (SSSR count). The summed E-state index contributed by atoms with van der Waals surface area (Å²) in [5.74, 6) is -2.86. The van der Waals surface area contributed by atoms with Crippen molar-refractivity contribution in [2.24, 2.45) is 5.73 Å². The van der Waals surface area contributed by atoms with E-state index in [0.29, 0.717) is 6.42 Å². The largest absolute Gasteiger partial charge is 0.481 e. The third kappa shape index (κ3) is 28.3. The third-order valence-corrected chi connectivity index (χ3v) is 4.64. The number of carboxylic acid groups (broad SMARTS) is 3. The average molecular weight is 430 g/mol. The Morgan fingerprint density at radius 3 is 1.57 bits per heavy atom. The van der Waals surface area contributed by atoms with Gasteiger partial charge < -0.3 is 21.1 Å². The van der Waals surface area contributed by atoms with Crippen LogP contribution in [0.1, 0.15) is 110 Å². The van der Waals surface area contributed by atoms with Crippen LogP contribution in [0.25, 0.3) is 0 Å². The van der Waals surface area contributed by atoms with Crippen LogP contribution >= 0.6 is 0 Å². The summed E-state index contributed by atoms with van der Waals surface area (Å²) in [6.45, 7) is 2.26. The zero-order valence-electron chi connectivity index (χ0n) is 18.7. The molecule has 7 heteroatoms. The van der Waals surface area contributed by atoms with Gasteiger partial charge in [-0.05, 0) is 38.5 Å². The Morgan fingerprint density at radius 1 is 0.700 bits per heavy atom. The zero-order valence-corrected chi connectivity index (χ0v) is 18.7. The van der Waals surface area contributed by atoms with Gasteiger partial charge in [0.15, 0.2) is 0 Å². The van der Waals surface area contributed by atoms with Crippen LogP contribution in [-0.4, -0.2) is 39.3 Å². The molecule has 0 bridgehead atoms. The predicted octanol–water partition coefficient (Wildman–Crippen LogP) is 5.37. The number of aliphatic carboxylic acids is 3. The van der Waals surface area contributed by atoms with E-state index in [2.05, 4.69) is 19.1 Å². The van der Waals surface area contributed by atoms with Gasteiger partial charge in [-0.15, -0.1) is 0 Å². The molecule has 0 amide bonds. The summed E-state index contributed by atoms with van der Waals surface area (Å²) >= 11 is 0. The Hall–Kier alpha value is -1.89. The first-order valence-corrected chi connectivity index (χ1v) is 11.4. The summed E-state index contributed by atoms with van der Waals surface area (Å²) in [4.78, 5) is 30.2. The molecule has 0 saturated carbocycles. The normalized spacial score (nSPS) is 11.7. The number of allylic oxidation sites excluding steroid dienone is 2. The van der Waals surface area contributed by atoms with Crippen molar-refractivity contribution in [3.05, 3.63) is 12.2 Å². The molecule has 30 heavy (non-hydrogen) atoms. The smallest absolute Gasteiger partial charge is 0.320 e. The highest BCUT2D eigenvalue weighted by Crippen LogP contribution is 2.09. The lowest BCUT2D eigenvalue weighted by atomic mass is 10.1. The van der Waals surface area contributed by atoms with Crippen LogP contribution in [0.4, 0.5) is 0 Å². The number of nitrogens with two attached hydrogens (primary N) is 1. The fraction of sp³-hybridized carbons (Fsp3) is 0.783. The van der Waals surface area contributed by atoms with Gasteiger partial charge in [-0.3, -0.25) is 14.4 Å². The van der Waals surface area contributed by atoms with E-state index < -0.39 is 23.9 Å². The Kier molecular flexibility index (Phi) is 23.6. The second kappa shape index (κ2) is 23.4. The summed E-state index contributed by atoms with van der Waals surface area (Å²) in [5, 5.41) is 24.8. The van der Waals surface area contributed by atoms with Crippen LogP contribution < -0.4 is 5.73 Å². The van der Waals surface area contributed by atoms with Crippen molar-refractivity contribution >= 4 is 17.9 Å². The van der Waals surface area contributed by atoms with Gasteiger partial charge in [0, 0.05) is 12.8 Å². The molecule has 7 nitrogen and oxygen atoms in total. The van der Waals surface area contributed by atoms with Crippen LogP contribution in [0, 0.1) is 0 Å². The number of hydrogen-bond donors (Lipinski definition) is 4.